The molecule has 0 bridgehead atoms. The molecule has 0 amide bonds. The SMILES string of the molecule is COP(O)(=S)N(C)C(C)=S.N. The highest BCUT2D eigenvalue weighted by atomic mass is 32.5. The van der Waals surface area contributed by atoms with Gasteiger partial charge in [0.25, 0.3) is 6.64 Å². The van der Waals surface area contributed by atoms with Crippen molar-refractivity contribution in [1.82, 2.24) is 10.8 Å². The summed E-state index contributed by atoms with van der Waals surface area (Å²) in [6.07, 6.45) is 0. The molecular weight excluding hydrogens is 203 g/mol. The van der Waals surface area contributed by atoms with Gasteiger partial charge in [-0.15, -0.1) is 0 Å². The second-order valence-electron chi connectivity index (χ2n) is 1.72. The van der Waals surface area contributed by atoms with Gasteiger partial charge in [0.1, 0.15) is 0 Å². The standard InChI is InChI=1S/C4H10NO2PS2.H3N/c1-4(9)5(2)8(6,10)7-3;/h1-3H3,(H,6,10);1H3. The van der Waals surface area contributed by atoms with Crippen LogP contribution in [-0.4, -0.2) is 28.7 Å². The fraction of sp³-hybridized carbons (Fsp3) is 0.750. The van der Waals surface area contributed by atoms with Gasteiger partial charge in [-0.3, -0.25) is 4.67 Å². The molecule has 0 saturated heterocycles. The Balaban J connectivity index is 0. The Hall–Kier alpha value is 0.420. The summed E-state index contributed by atoms with van der Waals surface area (Å²) in [6.45, 7) is -1.11. The van der Waals surface area contributed by atoms with Crippen LogP contribution < -0.4 is 6.15 Å². The minimum Gasteiger partial charge on any atom is -0.344 e. The molecule has 1 atom stereocenters. The third-order valence-electron chi connectivity index (χ3n) is 1.07. The van der Waals surface area contributed by atoms with Gasteiger partial charge >= 0.3 is 0 Å². The Labute approximate surface area is 77.3 Å². The molecule has 68 valence electrons. The van der Waals surface area contributed by atoms with E-state index in [4.69, 9.17) is 24.0 Å². The van der Waals surface area contributed by atoms with E-state index in [0.29, 0.717) is 4.99 Å². The molecule has 0 heterocycles. The molecule has 0 spiro atoms. The van der Waals surface area contributed by atoms with Crippen molar-refractivity contribution in [3.63, 3.8) is 0 Å². The van der Waals surface area contributed by atoms with E-state index in [2.05, 4.69) is 4.52 Å². The maximum Gasteiger partial charge on any atom is 0.287 e. The van der Waals surface area contributed by atoms with Crippen molar-refractivity contribution in [3.8, 4) is 0 Å². The van der Waals surface area contributed by atoms with Crippen LogP contribution in [0.1, 0.15) is 6.92 Å². The van der Waals surface area contributed by atoms with Gasteiger partial charge in [0.2, 0.25) is 0 Å². The average molecular weight is 216 g/mol. The molecule has 0 radical (unpaired) electrons. The summed E-state index contributed by atoms with van der Waals surface area (Å²) in [5.41, 5.74) is 0. The molecule has 0 aliphatic heterocycles. The van der Waals surface area contributed by atoms with Crippen LogP contribution in [-0.2, 0) is 16.3 Å². The highest BCUT2D eigenvalue weighted by molar-refractivity contribution is 8.08. The van der Waals surface area contributed by atoms with Gasteiger partial charge < -0.3 is 15.6 Å². The molecule has 1 unspecified atom stereocenters. The predicted octanol–water partition coefficient (Wildman–Crippen LogP) is 1.29. The lowest BCUT2D eigenvalue weighted by molar-refractivity contribution is 0.353. The lowest BCUT2D eigenvalue weighted by Gasteiger charge is -2.24. The monoisotopic (exact) mass is 216 g/mol. The predicted molar refractivity (Wildman–Crippen MR) is 54.6 cm³/mol. The maximum absolute atomic E-state index is 9.30. The van der Waals surface area contributed by atoms with E-state index in [1.165, 1.54) is 11.8 Å². The van der Waals surface area contributed by atoms with Crippen LogP contribution in [0.3, 0.4) is 0 Å². The average Bonchev–Trinajstić information content (AvgIpc) is 1.86. The molecule has 0 saturated carbocycles. The number of nitrogens with zero attached hydrogens (tertiary/aromatic N) is 1. The van der Waals surface area contributed by atoms with Crippen molar-refractivity contribution in [2.45, 2.75) is 6.92 Å². The highest BCUT2D eigenvalue weighted by Crippen LogP contribution is 2.44. The molecule has 0 rings (SSSR count). The minimum atomic E-state index is -2.80. The van der Waals surface area contributed by atoms with Crippen LogP contribution in [0.25, 0.3) is 0 Å². The summed E-state index contributed by atoms with van der Waals surface area (Å²) in [5.74, 6) is 0. The van der Waals surface area contributed by atoms with Gasteiger partial charge in [-0.25, -0.2) is 0 Å². The molecule has 0 aromatic rings. The zero-order chi connectivity index (χ0) is 8.36. The summed E-state index contributed by atoms with van der Waals surface area (Å²) >= 11 is 9.51. The van der Waals surface area contributed by atoms with Crippen molar-refractivity contribution in [2.24, 2.45) is 0 Å². The quantitative estimate of drug-likeness (QED) is 0.535. The van der Waals surface area contributed by atoms with Crippen molar-refractivity contribution in [1.29, 1.82) is 0 Å². The second kappa shape index (κ2) is 5.13. The topological polar surface area (TPSA) is 67.7 Å². The molecule has 4 N–H and O–H groups in total. The summed E-state index contributed by atoms with van der Waals surface area (Å²) in [4.78, 5) is 9.84. The third kappa shape index (κ3) is 4.10. The second-order valence-corrected chi connectivity index (χ2v) is 5.68. The van der Waals surface area contributed by atoms with Gasteiger partial charge in [-0.2, -0.15) is 0 Å². The third-order valence-corrected chi connectivity index (χ3v) is 4.20. The summed E-state index contributed by atoms with van der Waals surface area (Å²) in [7, 11) is 2.99. The van der Waals surface area contributed by atoms with E-state index in [9.17, 15) is 4.89 Å². The molecule has 7 heteroatoms. The first-order valence-electron chi connectivity index (χ1n) is 2.55. The first-order chi connectivity index (χ1) is 4.41. The summed E-state index contributed by atoms with van der Waals surface area (Å²) in [5, 5.41) is 0. The van der Waals surface area contributed by atoms with E-state index < -0.39 is 6.64 Å². The van der Waals surface area contributed by atoms with Crippen LogP contribution in [0.4, 0.5) is 0 Å². The molecule has 11 heavy (non-hydrogen) atoms. The van der Waals surface area contributed by atoms with Crippen LogP contribution >= 0.6 is 18.9 Å². The van der Waals surface area contributed by atoms with Crippen LogP contribution in [0, 0.1) is 0 Å². The molecule has 0 aromatic heterocycles. The molecule has 0 fully saturated rings. The van der Waals surface area contributed by atoms with Crippen molar-refractivity contribution < 1.29 is 9.42 Å². The first-order valence-corrected chi connectivity index (χ1v) is 5.58. The van der Waals surface area contributed by atoms with E-state index in [-0.39, 0.29) is 6.15 Å². The zero-order valence-electron chi connectivity index (χ0n) is 6.77. The Kier molecular flexibility index (Phi) is 6.52. The highest BCUT2D eigenvalue weighted by Gasteiger charge is 2.18. The van der Waals surface area contributed by atoms with E-state index in [1.807, 2.05) is 0 Å². The van der Waals surface area contributed by atoms with E-state index in [0.717, 1.165) is 0 Å². The van der Waals surface area contributed by atoms with E-state index >= 15 is 0 Å². The molecule has 0 aliphatic carbocycles. The first kappa shape index (κ1) is 14.0. The minimum absolute atomic E-state index is 0. The lowest BCUT2D eigenvalue weighted by atomic mass is 10.8. The van der Waals surface area contributed by atoms with Crippen LogP contribution in [0.5, 0.6) is 0 Å². The van der Waals surface area contributed by atoms with Crippen LogP contribution in [0.2, 0.25) is 0 Å². The van der Waals surface area contributed by atoms with Crippen molar-refractivity contribution >= 4 is 35.7 Å². The number of thiocarbonyl (C=S) groups is 1. The summed E-state index contributed by atoms with van der Waals surface area (Å²) < 4.78 is 6.08. The van der Waals surface area contributed by atoms with Crippen LogP contribution in [0.15, 0.2) is 0 Å². The molecule has 0 aliphatic rings. The molecular formula is C4H13N2O2PS2. The number of hydrogen-bond donors (Lipinski definition) is 2. The Morgan fingerprint density at radius 2 is 2.00 bits per heavy atom. The van der Waals surface area contributed by atoms with Gasteiger partial charge in [-0.1, -0.05) is 12.2 Å². The largest absolute Gasteiger partial charge is 0.344 e. The Morgan fingerprint density at radius 3 is 2.09 bits per heavy atom. The smallest absolute Gasteiger partial charge is 0.287 e. The number of rotatable bonds is 2. The normalized spacial score (nSPS) is 14.5. The molecule has 4 nitrogen and oxygen atoms in total. The Bertz CT molecular complexity index is 187. The zero-order valence-corrected chi connectivity index (χ0v) is 9.30. The van der Waals surface area contributed by atoms with Gasteiger partial charge in [0, 0.05) is 14.2 Å². The van der Waals surface area contributed by atoms with Gasteiger partial charge in [0.15, 0.2) is 0 Å². The van der Waals surface area contributed by atoms with Crippen molar-refractivity contribution in [3.05, 3.63) is 0 Å². The van der Waals surface area contributed by atoms with Crippen molar-refractivity contribution in [2.75, 3.05) is 14.2 Å². The molecule has 0 aromatic carbocycles. The fourth-order valence-electron chi connectivity index (χ4n) is 0.300. The Morgan fingerprint density at radius 1 is 1.64 bits per heavy atom. The lowest BCUT2D eigenvalue weighted by Crippen LogP contribution is -2.19. The van der Waals surface area contributed by atoms with Gasteiger partial charge in [-0.05, 0) is 18.7 Å². The maximum atomic E-state index is 9.30. The fourth-order valence-corrected chi connectivity index (χ4v) is 1.76. The van der Waals surface area contributed by atoms with E-state index in [1.54, 1.807) is 14.0 Å². The summed E-state index contributed by atoms with van der Waals surface area (Å²) in [6, 6.07) is 0. The number of hydrogen-bond acceptors (Lipinski definition) is 4. The van der Waals surface area contributed by atoms with Gasteiger partial charge in [0.05, 0.1) is 4.99 Å².